The lowest BCUT2D eigenvalue weighted by molar-refractivity contribution is 0.190. The summed E-state index contributed by atoms with van der Waals surface area (Å²) in [6.45, 7) is 0.510. The van der Waals surface area contributed by atoms with Crippen LogP contribution in [0.25, 0.3) is 0 Å². The van der Waals surface area contributed by atoms with E-state index in [4.69, 9.17) is 22.1 Å². The summed E-state index contributed by atoms with van der Waals surface area (Å²) in [5, 5.41) is 0.739. The van der Waals surface area contributed by atoms with Gasteiger partial charge in [0.25, 0.3) is 0 Å². The molecule has 0 aromatic heterocycles. The molecule has 4 heteroatoms. The van der Waals surface area contributed by atoms with Crippen LogP contribution in [0.3, 0.4) is 0 Å². The number of rotatable bonds is 2. The number of hydrogen-bond donors (Lipinski definition) is 1. The minimum Gasteiger partial charge on any atom is -0.491 e. The lowest BCUT2D eigenvalue weighted by Crippen LogP contribution is -2.51. The van der Waals surface area contributed by atoms with Crippen LogP contribution < -0.4 is 10.5 Å². The van der Waals surface area contributed by atoms with Crippen molar-refractivity contribution in [1.82, 2.24) is 0 Å². The zero-order chi connectivity index (χ0) is 14.2. The third-order valence-electron chi connectivity index (χ3n) is 3.59. The standard InChI is InChI=1S/C16H15BrClNO/c17-13-6-5-11(14(18)7-13)8-16(19)9-12-3-1-2-4-15(12)20-10-16/h1-7H,8-10,19H2. The van der Waals surface area contributed by atoms with Crippen LogP contribution in [0, 0.1) is 0 Å². The summed E-state index contributed by atoms with van der Waals surface area (Å²) in [5.41, 5.74) is 8.32. The fraction of sp³-hybridized carbons (Fsp3) is 0.250. The number of nitrogens with two attached hydrogens (primary N) is 1. The Morgan fingerprint density at radius 1 is 1.25 bits per heavy atom. The van der Waals surface area contributed by atoms with Crippen molar-refractivity contribution in [2.45, 2.75) is 18.4 Å². The normalized spacial score (nSPS) is 21.1. The maximum Gasteiger partial charge on any atom is 0.122 e. The molecule has 0 aliphatic carbocycles. The molecule has 2 nitrogen and oxygen atoms in total. The van der Waals surface area contributed by atoms with Gasteiger partial charge in [-0.1, -0.05) is 51.8 Å². The van der Waals surface area contributed by atoms with Crippen LogP contribution in [0.15, 0.2) is 46.9 Å². The SMILES string of the molecule is NC1(Cc2ccc(Br)cc2Cl)COc2ccccc2C1. The smallest absolute Gasteiger partial charge is 0.122 e. The molecule has 0 saturated heterocycles. The van der Waals surface area contributed by atoms with Crippen molar-refractivity contribution in [3.05, 3.63) is 63.1 Å². The minimum atomic E-state index is -0.411. The van der Waals surface area contributed by atoms with E-state index in [1.54, 1.807) is 0 Å². The van der Waals surface area contributed by atoms with E-state index in [0.29, 0.717) is 13.0 Å². The van der Waals surface area contributed by atoms with Crippen LogP contribution in [0.4, 0.5) is 0 Å². The molecule has 0 radical (unpaired) electrons. The number of hydrogen-bond acceptors (Lipinski definition) is 2. The summed E-state index contributed by atoms with van der Waals surface area (Å²) in [7, 11) is 0. The highest BCUT2D eigenvalue weighted by molar-refractivity contribution is 9.10. The van der Waals surface area contributed by atoms with Gasteiger partial charge >= 0.3 is 0 Å². The zero-order valence-electron chi connectivity index (χ0n) is 10.9. The Labute approximate surface area is 132 Å². The van der Waals surface area contributed by atoms with Crippen LogP contribution in [0.2, 0.25) is 5.02 Å². The average Bonchev–Trinajstić information content (AvgIpc) is 2.42. The third-order valence-corrected chi connectivity index (χ3v) is 4.43. The Kier molecular flexibility index (Phi) is 3.76. The highest BCUT2D eigenvalue weighted by atomic mass is 79.9. The molecule has 2 aromatic carbocycles. The lowest BCUT2D eigenvalue weighted by atomic mass is 9.84. The molecule has 1 atom stereocenters. The average molecular weight is 353 g/mol. The van der Waals surface area contributed by atoms with Gasteiger partial charge in [0.2, 0.25) is 0 Å². The van der Waals surface area contributed by atoms with E-state index in [1.165, 1.54) is 0 Å². The first kappa shape index (κ1) is 13.9. The molecule has 20 heavy (non-hydrogen) atoms. The van der Waals surface area contributed by atoms with E-state index in [2.05, 4.69) is 22.0 Å². The molecule has 2 N–H and O–H groups in total. The molecule has 0 fully saturated rings. The Balaban J connectivity index is 1.84. The predicted octanol–water partition coefficient (Wildman–Crippen LogP) is 3.98. The van der Waals surface area contributed by atoms with Gasteiger partial charge < -0.3 is 10.5 Å². The molecule has 1 aliphatic heterocycles. The van der Waals surface area contributed by atoms with Crippen molar-refractivity contribution in [2.24, 2.45) is 5.73 Å². The molecule has 0 spiro atoms. The highest BCUT2D eigenvalue weighted by Gasteiger charge is 2.32. The Morgan fingerprint density at radius 3 is 2.85 bits per heavy atom. The Hall–Kier alpha value is -1.03. The second-order valence-corrected chi connectivity index (χ2v) is 6.67. The van der Waals surface area contributed by atoms with Gasteiger partial charge in [-0.2, -0.15) is 0 Å². The molecule has 0 amide bonds. The van der Waals surface area contributed by atoms with E-state index < -0.39 is 5.54 Å². The first-order valence-electron chi connectivity index (χ1n) is 6.49. The van der Waals surface area contributed by atoms with Crippen molar-refractivity contribution in [3.8, 4) is 5.75 Å². The molecule has 1 aliphatic rings. The molecule has 104 valence electrons. The topological polar surface area (TPSA) is 35.2 Å². The fourth-order valence-electron chi connectivity index (χ4n) is 2.60. The molecular formula is C16H15BrClNO. The number of halogens is 2. The van der Waals surface area contributed by atoms with Gasteiger partial charge in [-0.25, -0.2) is 0 Å². The van der Waals surface area contributed by atoms with Gasteiger partial charge in [0, 0.05) is 9.50 Å². The largest absolute Gasteiger partial charge is 0.491 e. The fourth-order valence-corrected chi connectivity index (χ4v) is 3.34. The highest BCUT2D eigenvalue weighted by Crippen LogP contribution is 2.32. The van der Waals surface area contributed by atoms with Crippen LogP contribution in [0.5, 0.6) is 5.75 Å². The van der Waals surface area contributed by atoms with E-state index >= 15 is 0 Å². The maximum atomic E-state index is 6.52. The predicted molar refractivity (Wildman–Crippen MR) is 85.4 cm³/mol. The first-order valence-corrected chi connectivity index (χ1v) is 7.66. The van der Waals surface area contributed by atoms with Gasteiger partial charge in [-0.05, 0) is 42.2 Å². The molecule has 1 unspecified atom stereocenters. The molecular weight excluding hydrogens is 338 g/mol. The second kappa shape index (κ2) is 5.40. The lowest BCUT2D eigenvalue weighted by Gasteiger charge is -2.35. The van der Waals surface area contributed by atoms with Crippen molar-refractivity contribution >= 4 is 27.5 Å². The zero-order valence-corrected chi connectivity index (χ0v) is 13.2. The van der Waals surface area contributed by atoms with E-state index in [-0.39, 0.29) is 0 Å². The minimum absolute atomic E-state index is 0.411. The molecule has 0 saturated carbocycles. The molecule has 3 rings (SSSR count). The van der Waals surface area contributed by atoms with Gasteiger partial charge in [0.05, 0.1) is 5.54 Å². The summed E-state index contributed by atoms with van der Waals surface area (Å²) in [4.78, 5) is 0. The molecule has 2 aromatic rings. The number of fused-ring (bicyclic) bond motifs is 1. The van der Waals surface area contributed by atoms with Crippen LogP contribution in [-0.4, -0.2) is 12.1 Å². The second-order valence-electron chi connectivity index (χ2n) is 5.35. The first-order chi connectivity index (χ1) is 9.56. The number of ether oxygens (including phenoxy) is 1. The summed E-state index contributed by atoms with van der Waals surface area (Å²) in [6.07, 6.45) is 1.50. The summed E-state index contributed by atoms with van der Waals surface area (Å²) in [5.74, 6) is 0.940. The van der Waals surface area contributed by atoms with Crippen molar-refractivity contribution in [1.29, 1.82) is 0 Å². The van der Waals surface area contributed by atoms with Gasteiger partial charge in [-0.3, -0.25) is 0 Å². The van der Waals surface area contributed by atoms with Gasteiger partial charge in [0.15, 0.2) is 0 Å². The van der Waals surface area contributed by atoms with Crippen LogP contribution in [0.1, 0.15) is 11.1 Å². The van der Waals surface area contributed by atoms with Crippen molar-refractivity contribution < 1.29 is 4.74 Å². The van der Waals surface area contributed by atoms with E-state index in [1.807, 2.05) is 36.4 Å². The summed E-state index contributed by atoms with van der Waals surface area (Å²) < 4.78 is 6.77. The quantitative estimate of drug-likeness (QED) is 0.887. The van der Waals surface area contributed by atoms with Crippen molar-refractivity contribution in [2.75, 3.05) is 6.61 Å². The molecule has 0 bridgehead atoms. The number of benzene rings is 2. The third kappa shape index (κ3) is 2.85. The molecule has 1 heterocycles. The van der Waals surface area contributed by atoms with Crippen LogP contribution >= 0.6 is 27.5 Å². The van der Waals surface area contributed by atoms with Gasteiger partial charge in [-0.15, -0.1) is 0 Å². The monoisotopic (exact) mass is 351 g/mol. The maximum absolute atomic E-state index is 6.52. The van der Waals surface area contributed by atoms with Crippen molar-refractivity contribution in [3.63, 3.8) is 0 Å². The summed E-state index contributed by atoms with van der Waals surface area (Å²) >= 11 is 9.70. The number of para-hydroxylation sites is 1. The van der Waals surface area contributed by atoms with E-state index in [0.717, 1.165) is 32.8 Å². The van der Waals surface area contributed by atoms with E-state index in [9.17, 15) is 0 Å². The Morgan fingerprint density at radius 2 is 2.05 bits per heavy atom. The van der Waals surface area contributed by atoms with Gasteiger partial charge in [0.1, 0.15) is 12.4 Å². The van der Waals surface area contributed by atoms with Crippen LogP contribution in [-0.2, 0) is 12.8 Å². The summed E-state index contributed by atoms with van der Waals surface area (Å²) in [6, 6.07) is 14.0. The Bertz CT molecular complexity index is 646.